The van der Waals surface area contributed by atoms with E-state index >= 15 is 0 Å². The van der Waals surface area contributed by atoms with E-state index in [4.69, 9.17) is 9.15 Å². The monoisotopic (exact) mass is 323 g/mol. The molecule has 0 atom stereocenters. The number of rotatable bonds is 2. The Morgan fingerprint density at radius 1 is 1.22 bits per heavy atom. The largest absolute Gasteiger partial charge is 0.493 e. The molecule has 0 unspecified atom stereocenters. The average molecular weight is 323 g/mol. The lowest BCUT2D eigenvalue weighted by Crippen LogP contribution is -2.04. The quantitative estimate of drug-likeness (QED) is 0.650. The first-order valence-electron chi connectivity index (χ1n) is 6.35. The van der Waals surface area contributed by atoms with E-state index in [-0.39, 0.29) is 33.3 Å². The van der Waals surface area contributed by atoms with Crippen molar-refractivity contribution in [3.05, 3.63) is 46.4 Å². The predicted octanol–water partition coefficient (Wildman–Crippen LogP) is 4.52. The number of methoxy groups -OCH3 is 1. The summed E-state index contributed by atoms with van der Waals surface area (Å²) in [6, 6.07) is 5.53. The van der Waals surface area contributed by atoms with Crippen molar-refractivity contribution in [2.24, 2.45) is 5.18 Å². The molecule has 2 aromatic carbocycles. The molecule has 3 rings (SSSR count). The van der Waals surface area contributed by atoms with Gasteiger partial charge in [-0.1, -0.05) is 0 Å². The van der Waals surface area contributed by atoms with E-state index in [0.29, 0.717) is 0 Å². The molecular weight excluding hydrogens is 315 g/mol. The summed E-state index contributed by atoms with van der Waals surface area (Å²) in [6.45, 7) is 0. The number of carbonyl (C=O) groups excluding carboxylic acids is 1. The number of benzene rings is 2. The van der Waals surface area contributed by atoms with E-state index in [2.05, 4.69) is 5.18 Å². The molecule has 1 aromatic heterocycles. The first kappa shape index (κ1) is 15.0. The molecule has 8 heteroatoms. The van der Waals surface area contributed by atoms with Gasteiger partial charge in [-0.2, -0.15) is 13.2 Å². The molecule has 0 fully saturated rings. The molecule has 0 saturated carbocycles. The van der Waals surface area contributed by atoms with Crippen molar-refractivity contribution < 1.29 is 27.1 Å². The summed E-state index contributed by atoms with van der Waals surface area (Å²) in [6.07, 6.45) is -4.55. The van der Waals surface area contributed by atoms with Crippen LogP contribution in [0.15, 0.2) is 39.9 Å². The third-order valence-corrected chi connectivity index (χ3v) is 3.44. The molecule has 0 spiro atoms. The molecule has 0 saturated heterocycles. The Morgan fingerprint density at radius 3 is 2.57 bits per heavy atom. The highest BCUT2D eigenvalue weighted by molar-refractivity contribution is 6.17. The lowest BCUT2D eigenvalue weighted by Gasteiger charge is -2.06. The number of carbonyl (C=O) groups is 1. The highest BCUT2D eigenvalue weighted by Crippen LogP contribution is 2.40. The van der Waals surface area contributed by atoms with Crippen LogP contribution in [-0.4, -0.2) is 13.0 Å². The SMILES string of the molecule is COc1ccc(C(=O)N=O)c2c1oc1ccc(C(F)(F)F)cc12. The van der Waals surface area contributed by atoms with Crippen LogP contribution in [-0.2, 0) is 6.18 Å². The highest BCUT2D eigenvalue weighted by Gasteiger charge is 2.31. The maximum absolute atomic E-state index is 12.9. The van der Waals surface area contributed by atoms with Crippen molar-refractivity contribution >= 4 is 27.8 Å². The van der Waals surface area contributed by atoms with Crippen LogP contribution in [0.1, 0.15) is 15.9 Å². The lowest BCUT2D eigenvalue weighted by molar-refractivity contribution is -0.137. The molecule has 0 bridgehead atoms. The molecule has 0 aliphatic heterocycles. The fraction of sp³-hybridized carbons (Fsp3) is 0.133. The molecule has 118 valence electrons. The number of nitrogens with zero attached hydrogens (tertiary/aromatic N) is 1. The van der Waals surface area contributed by atoms with Crippen LogP contribution < -0.4 is 4.74 Å². The van der Waals surface area contributed by atoms with E-state index in [9.17, 15) is 22.9 Å². The summed E-state index contributed by atoms with van der Waals surface area (Å²) >= 11 is 0. The summed E-state index contributed by atoms with van der Waals surface area (Å²) in [5.41, 5.74) is -0.823. The zero-order chi connectivity index (χ0) is 16.8. The molecule has 5 nitrogen and oxygen atoms in total. The number of hydrogen-bond acceptors (Lipinski definition) is 4. The molecule has 0 aliphatic rings. The molecular formula is C15H8F3NO4. The summed E-state index contributed by atoms with van der Waals surface area (Å²) in [7, 11) is 1.35. The topological polar surface area (TPSA) is 68.9 Å². The van der Waals surface area contributed by atoms with Crippen molar-refractivity contribution in [3.63, 3.8) is 0 Å². The second kappa shape index (κ2) is 5.08. The van der Waals surface area contributed by atoms with Crippen LogP contribution in [0.25, 0.3) is 21.9 Å². The molecule has 0 aliphatic carbocycles. The number of ether oxygens (including phenoxy) is 1. The van der Waals surface area contributed by atoms with E-state index in [1.165, 1.54) is 19.2 Å². The zero-order valence-corrected chi connectivity index (χ0v) is 11.6. The Kier molecular flexibility index (Phi) is 3.32. The Hall–Kier alpha value is -2.90. The smallest absolute Gasteiger partial charge is 0.416 e. The van der Waals surface area contributed by atoms with Crippen LogP contribution in [0, 0.1) is 4.91 Å². The fourth-order valence-corrected chi connectivity index (χ4v) is 2.42. The lowest BCUT2D eigenvalue weighted by atomic mass is 10.0. The van der Waals surface area contributed by atoms with Gasteiger partial charge in [-0.25, -0.2) is 0 Å². The van der Waals surface area contributed by atoms with Gasteiger partial charge in [0.25, 0.3) is 0 Å². The average Bonchev–Trinajstić information content (AvgIpc) is 2.91. The van der Waals surface area contributed by atoms with Gasteiger partial charge in [-0.05, 0) is 30.3 Å². The summed E-state index contributed by atoms with van der Waals surface area (Å²) in [5, 5.41) is 2.45. The van der Waals surface area contributed by atoms with E-state index in [1.54, 1.807) is 0 Å². The van der Waals surface area contributed by atoms with Crippen LogP contribution in [0.3, 0.4) is 0 Å². The first-order chi connectivity index (χ1) is 10.9. The number of hydrogen-bond donors (Lipinski definition) is 0. The minimum Gasteiger partial charge on any atom is -0.493 e. The van der Waals surface area contributed by atoms with Crippen LogP contribution in [0.5, 0.6) is 5.75 Å². The Balaban J connectivity index is 2.46. The second-order valence-corrected chi connectivity index (χ2v) is 4.73. The second-order valence-electron chi connectivity index (χ2n) is 4.73. The fourth-order valence-electron chi connectivity index (χ4n) is 2.42. The van der Waals surface area contributed by atoms with Crippen LogP contribution in [0.4, 0.5) is 13.2 Å². The maximum atomic E-state index is 12.9. The molecule has 3 aromatic rings. The normalized spacial score (nSPS) is 11.8. The molecule has 0 N–H and O–H groups in total. The zero-order valence-electron chi connectivity index (χ0n) is 11.6. The van der Waals surface area contributed by atoms with Gasteiger partial charge in [0, 0.05) is 15.9 Å². The number of halogens is 3. The van der Waals surface area contributed by atoms with Gasteiger partial charge < -0.3 is 9.15 Å². The van der Waals surface area contributed by atoms with Crippen molar-refractivity contribution in [1.29, 1.82) is 0 Å². The Labute approximate surface area is 126 Å². The van der Waals surface area contributed by atoms with Gasteiger partial charge in [-0.15, -0.1) is 4.91 Å². The van der Waals surface area contributed by atoms with Crippen LogP contribution >= 0.6 is 0 Å². The Bertz CT molecular complexity index is 943. The van der Waals surface area contributed by atoms with Gasteiger partial charge >= 0.3 is 12.1 Å². The molecule has 23 heavy (non-hydrogen) atoms. The first-order valence-corrected chi connectivity index (χ1v) is 6.35. The maximum Gasteiger partial charge on any atom is 0.416 e. The van der Waals surface area contributed by atoms with Gasteiger partial charge in [0.1, 0.15) is 5.58 Å². The van der Waals surface area contributed by atoms with Crippen molar-refractivity contribution in [2.45, 2.75) is 6.18 Å². The van der Waals surface area contributed by atoms with E-state index in [1.807, 2.05) is 0 Å². The number of furan rings is 1. The van der Waals surface area contributed by atoms with Gasteiger partial charge in [0.2, 0.25) is 0 Å². The van der Waals surface area contributed by atoms with E-state index < -0.39 is 17.6 Å². The molecule has 0 radical (unpaired) electrons. The number of amides is 1. The van der Waals surface area contributed by atoms with Gasteiger partial charge in [0.15, 0.2) is 11.3 Å². The van der Waals surface area contributed by atoms with Crippen LogP contribution in [0.2, 0.25) is 0 Å². The minimum absolute atomic E-state index is 0.0562. The molecule has 1 heterocycles. The number of nitroso groups, excluding NO2 is 1. The standard InChI is InChI=1S/C15H8F3NO4/c1-22-11-5-3-8(14(20)19-21)12-9-6-7(15(16,17)18)2-4-10(9)23-13(11)12/h2-6H,1H3. The summed E-state index contributed by atoms with van der Waals surface area (Å²) in [5.74, 6) is -0.870. The third-order valence-electron chi connectivity index (χ3n) is 3.44. The highest BCUT2D eigenvalue weighted by atomic mass is 19.4. The van der Waals surface area contributed by atoms with Crippen molar-refractivity contribution in [1.82, 2.24) is 0 Å². The van der Waals surface area contributed by atoms with Crippen molar-refractivity contribution in [3.8, 4) is 5.75 Å². The minimum atomic E-state index is -4.55. The Morgan fingerprint density at radius 2 is 1.96 bits per heavy atom. The number of fused-ring (bicyclic) bond motifs is 3. The number of alkyl halides is 3. The van der Waals surface area contributed by atoms with Gasteiger partial charge in [0.05, 0.1) is 18.2 Å². The third kappa shape index (κ3) is 2.32. The van der Waals surface area contributed by atoms with Crippen molar-refractivity contribution in [2.75, 3.05) is 7.11 Å². The molecule has 1 amide bonds. The van der Waals surface area contributed by atoms with Gasteiger partial charge in [-0.3, -0.25) is 4.79 Å². The van der Waals surface area contributed by atoms with E-state index in [0.717, 1.165) is 18.2 Å². The summed E-state index contributed by atoms with van der Waals surface area (Å²) in [4.78, 5) is 22.2. The summed E-state index contributed by atoms with van der Waals surface area (Å²) < 4.78 is 49.3. The predicted molar refractivity (Wildman–Crippen MR) is 75.4 cm³/mol.